The van der Waals surface area contributed by atoms with E-state index in [9.17, 15) is 4.79 Å². The number of likely N-dealkylation sites (tertiary alicyclic amines) is 1. The molecule has 0 N–H and O–H groups in total. The third-order valence-corrected chi connectivity index (χ3v) is 5.94. The van der Waals surface area contributed by atoms with Crippen LogP contribution in [0.2, 0.25) is 10.0 Å². The van der Waals surface area contributed by atoms with E-state index in [0.29, 0.717) is 22.5 Å². The predicted octanol–water partition coefficient (Wildman–Crippen LogP) is 4.18. The Balaban J connectivity index is 1.68. The number of amides is 1. The van der Waals surface area contributed by atoms with Gasteiger partial charge in [-0.1, -0.05) is 41.4 Å². The van der Waals surface area contributed by atoms with Gasteiger partial charge in [-0.25, -0.2) is 0 Å². The van der Waals surface area contributed by atoms with Crippen molar-refractivity contribution in [1.29, 1.82) is 0 Å². The van der Waals surface area contributed by atoms with Crippen LogP contribution in [0.15, 0.2) is 30.4 Å². The quantitative estimate of drug-likeness (QED) is 0.746. The molecule has 0 bridgehead atoms. The van der Waals surface area contributed by atoms with Gasteiger partial charge in [0.25, 0.3) is 0 Å². The van der Waals surface area contributed by atoms with Crippen molar-refractivity contribution >= 4 is 29.1 Å². The average Bonchev–Trinajstić information content (AvgIpc) is 3.12. The molecule has 1 saturated heterocycles. The van der Waals surface area contributed by atoms with Crippen molar-refractivity contribution in [2.75, 3.05) is 20.1 Å². The van der Waals surface area contributed by atoms with Gasteiger partial charge in [-0.3, -0.25) is 9.69 Å². The molecule has 1 fully saturated rings. The number of likely N-dealkylation sites (N-methyl/N-ethyl adjacent to an activating group) is 1. The Morgan fingerprint density at radius 1 is 1.17 bits per heavy atom. The van der Waals surface area contributed by atoms with Crippen molar-refractivity contribution < 1.29 is 4.79 Å². The molecule has 1 amide bonds. The number of nitrogens with zero attached hydrogens (tertiary/aromatic N) is 2. The first-order valence-corrected chi connectivity index (χ1v) is 9.40. The standard InChI is InChI=1S/C19H24Cl2N2O/c1-22(19(24)13-14-8-9-15(20)16(21)12-14)17-6-2-3-7-18(17)23-10-4-5-11-23/h2-3,8-9,12,17-18H,4-7,10-11,13H2,1H3/t17-,18-/m0/s1. The van der Waals surface area contributed by atoms with Gasteiger partial charge in [-0.2, -0.15) is 0 Å². The van der Waals surface area contributed by atoms with Gasteiger partial charge in [0.1, 0.15) is 0 Å². The van der Waals surface area contributed by atoms with Crippen LogP contribution in [0.25, 0.3) is 0 Å². The van der Waals surface area contributed by atoms with Crippen molar-refractivity contribution in [3.63, 3.8) is 0 Å². The Labute approximate surface area is 154 Å². The summed E-state index contributed by atoms with van der Waals surface area (Å²) in [6.07, 6.45) is 9.35. The molecule has 1 heterocycles. The van der Waals surface area contributed by atoms with Gasteiger partial charge in [-0.15, -0.1) is 0 Å². The zero-order valence-electron chi connectivity index (χ0n) is 14.0. The van der Waals surface area contributed by atoms with Gasteiger partial charge in [-0.05, 0) is 56.5 Å². The number of benzene rings is 1. The Hall–Kier alpha value is -1.03. The van der Waals surface area contributed by atoms with Crippen LogP contribution in [-0.4, -0.2) is 47.9 Å². The van der Waals surface area contributed by atoms with Crippen molar-refractivity contribution in [3.8, 4) is 0 Å². The largest absolute Gasteiger partial charge is 0.341 e. The Morgan fingerprint density at radius 3 is 2.58 bits per heavy atom. The summed E-state index contributed by atoms with van der Waals surface area (Å²) in [6.45, 7) is 2.31. The first-order valence-electron chi connectivity index (χ1n) is 8.65. The van der Waals surface area contributed by atoms with Gasteiger partial charge < -0.3 is 4.90 Å². The molecule has 5 heteroatoms. The number of hydrogen-bond acceptors (Lipinski definition) is 2. The fourth-order valence-corrected chi connectivity index (χ4v) is 4.12. The number of halogens is 2. The van der Waals surface area contributed by atoms with Crippen molar-refractivity contribution in [3.05, 3.63) is 46.0 Å². The summed E-state index contributed by atoms with van der Waals surface area (Å²) in [5.41, 5.74) is 0.908. The first-order chi connectivity index (χ1) is 11.6. The van der Waals surface area contributed by atoms with E-state index in [1.165, 1.54) is 12.8 Å². The summed E-state index contributed by atoms with van der Waals surface area (Å²) in [6, 6.07) is 6.11. The maximum absolute atomic E-state index is 12.8. The van der Waals surface area contributed by atoms with E-state index in [2.05, 4.69) is 17.1 Å². The minimum atomic E-state index is 0.137. The van der Waals surface area contributed by atoms with Crippen LogP contribution in [-0.2, 0) is 11.2 Å². The molecule has 2 aliphatic rings. The summed E-state index contributed by atoms with van der Waals surface area (Å²) in [5.74, 6) is 0.137. The highest BCUT2D eigenvalue weighted by molar-refractivity contribution is 6.42. The average molecular weight is 367 g/mol. The SMILES string of the molecule is CN(C(=O)Cc1ccc(Cl)c(Cl)c1)[C@H]1CC=CC[C@@H]1N1CCCC1. The second-order valence-electron chi connectivity index (χ2n) is 6.75. The monoisotopic (exact) mass is 366 g/mol. The molecule has 1 aromatic carbocycles. The zero-order valence-corrected chi connectivity index (χ0v) is 15.6. The molecule has 2 atom stereocenters. The molecule has 0 spiro atoms. The Kier molecular flexibility index (Phi) is 5.85. The molecule has 3 rings (SSSR count). The van der Waals surface area contributed by atoms with E-state index in [1.807, 2.05) is 18.0 Å². The summed E-state index contributed by atoms with van der Waals surface area (Å²) in [4.78, 5) is 17.3. The molecular formula is C19H24Cl2N2O. The fraction of sp³-hybridized carbons (Fsp3) is 0.526. The zero-order chi connectivity index (χ0) is 17.1. The van der Waals surface area contributed by atoms with Crippen LogP contribution in [0, 0.1) is 0 Å². The Morgan fingerprint density at radius 2 is 1.88 bits per heavy atom. The lowest BCUT2D eigenvalue weighted by molar-refractivity contribution is -0.132. The predicted molar refractivity (Wildman–Crippen MR) is 99.7 cm³/mol. The van der Waals surface area contributed by atoms with Gasteiger partial charge in [0, 0.05) is 13.1 Å². The van der Waals surface area contributed by atoms with Crippen LogP contribution in [0.4, 0.5) is 0 Å². The summed E-state index contributed by atoms with van der Waals surface area (Å²) >= 11 is 12.0. The molecule has 0 unspecified atom stereocenters. The van der Waals surface area contributed by atoms with Crippen molar-refractivity contribution in [2.45, 2.75) is 44.2 Å². The lowest BCUT2D eigenvalue weighted by atomic mass is 9.93. The van der Waals surface area contributed by atoms with Gasteiger partial charge in [0.2, 0.25) is 5.91 Å². The smallest absolute Gasteiger partial charge is 0.227 e. The summed E-state index contributed by atoms with van der Waals surface area (Å²) in [5, 5.41) is 1.02. The number of hydrogen-bond donors (Lipinski definition) is 0. The summed E-state index contributed by atoms with van der Waals surface area (Å²) in [7, 11) is 1.94. The maximum atomic E-state index is 12.8. The molecule has 24 heavy (non-hydrogen) atoms. The first kappa shape index (κ1) is 17.8. The molecule has 0 aromatic heterocycles. The molecule has 1 aliphatic heterocycles. The van der Waals surface area contributed by atoms with Crippen LogP contribution in [0.1, 0.15) is 31.2 Å². The fourth-order valence-electron chi connectivity index (χ4n) is 3.80. The topological polar surface area (TPSA) is 23.6 Å². The van der Waals surface area contributed by atoms with E-state index in [0.717, 1.165) is 31.5 Å². The van der Waals surface area contributed by atoms with Gasteiger partial charge in [0.15, 0.2) is 0 Å². The number of carbonyl (C=O) groups excluding carboxylic acids is 1. The molecule has 0 radical (unpaired) electrons. The maximum Gasteiger partial charge on any atom is 0.227 e. The normalized spacial score (nSPS) is 24.3. The van der Waals surface area contributed by atoms with E-state index in [4.69, 9.17) is 23.2 Å². The van der Waals surface area contributed by atoms with E-state index >= 15 is 0 Å². The van der Waals surface area contributed by atoms with Gasteiger partial charge in [0.05, 0.1) is 22.5 Å². The lowest BCUT2D eigenvalue weighted by Crippen LogP contribution is -2.52. The molecule has 1 aromatic rings. The molecule has 130 valence electrons. The van der Waals surface area contributed by atoms with Crippen LogP contribution < -0.4 is 0 Å². The third kappa shape index (κ3) is 3.96. The second-order valence-corrected chi connectivity index (χ2v) is 7.56. The van der Waals surface area contributed by atoms with Crippen LogP contribution in [0.5, 0.6) is 0 Å². The molecule has 0 saturated carbocycles. The van der Waals surface area contributed by atoms with Crippen molar-refractivity contribution in [1.82, 2.24) is 9.80 Å². The Bertz CT molecular complexity index is 626. The van der Waals surface area contributed by atoms with Crippen LogP contribution >= 0.6 is 23.2 Å². The second kappa shape index (κ2) is 7.90. The summed E-state index contributed by atoms with van der Waals surface area (Å²) < 4.78 is 0. The third-order valence-electron chi connectivity index (χ3n) is 5.21. The van der Waals surface area contributed by atoms with Crippen LogP contribution in [0.3, 0.4) is 0 Å². The van der Waals surface area contributed by atoms with E-state index in [-0.39, 0.29) is 11.9 Å². The molecule has 1 aliphatic carbocycles. The highest BCUT2D eigenvalue weighted by atomic mass is 35.5. The minimum Gasteiger partial charge on any atom is -0.341 e. The number of carbonyl (C=O) groups is 1. The van der Waals surface area contributed by atoms with Gasteiger partial charge >= 0.3 is 0 Å². The highest BCUT2D eigenvalue weighted by Crippen LogP contribution is 2.27. The number of rotatable bonds is 4. The highest BCUT2D eigenvalue weighted by Gasteiger charge is 2.33. The van der Waals surface area contributed by atoms with E-state index in [1.54, 1.807) is 12.1 Å². The minimum absolute atomic E-state index is 0.137. The van der Waals surface area contributed by atoms with E-state index < -0.39 is 0 Å². The van der Waals surface area contributed by atoms with Crippen molar-refractivity contribution in [2.24, 2.45) is 0 Å². The molecular weight excluding hydrogens is 343 g/mol. The molecule has 3 nitrogen and oxygen atoms in total. The lowest BCUT2D eigenvalue weighted by Gasteiger charge is -2.40.